The molecule has 1 aliphatic rings. The third kappa shape index (κ3) is 3.19. The summed E-state index contributed by atoms with van der Waals surface area (Å²) in [7, 11) is 0. The van der Waals surface area contributed by atoms with Crippen molar-refractivity contribution in [2.75, 3.05) is 13.1 Å². The number of alkyl halides is 3. The summed E-state index contributed by atoms with van der Waals surface area (Å²) in [5, 5.41) is 9.11. The lowest BCUT2D eigenvalue weighted by Gasteiger charge is -2.27. The summed E-state index contributed by atoms with van der Waals surface area (Å²) in [6.45, 7) is 1.01. The van der Waals surface area contributed by atoms with Crippen LogP contribution in [-0.2, 0) is 6.18 Å². The highest BCUT2D eigenvalue weighted by Crippen LogP contribution is 2.35. The molecule has 0 radical (unpaired) electrons. The van der Waals surface area contributed by atoms with Gasteiger partial charge in [-0.15, -0.1) is 0 Å². The van der Waals surface area contributed by atoms with Gasteiger partial charge in [-0.3, -0.25) is 4.79 Å². The van der Waals surface area contributed by atoms with Gasteiger partial charge in [-0.05, 0) is 6.07 Å². The van der Waals surface area contributed by atoms with E-state index in [0.29, 0.717) is 17.8 Å². The average molecular weight is 380 g/mol. The van der Waals surface area contributed by atoms with Gasteiger partial charge in [0.05, 0.1) is 27.8 Å². The minimum atomic E-state index is -4.83. The molecule has 1 aliphatic heterocycles. The molecule has 1 saturated heterocycles. The van der Waals surface area contributed by atoms with E-state index in [-0.39, 0.29) is 21.9 Å². The molecule has 6 nitrogen and oxygen atoms in total. The summed E-state index contributed by atoms with van der Waals surface area (Å²) >= 11 is 11.6. The van der Waals surface area contributed by atoms with Crippen molar-refractivity contribution < 1.29 is 18.0 Å². The van der Waals surface area contributed by atoms with E-state index in [1.54, 1.807) is 0 Å². The van der Waals surface area contributed by atoms with Crippen molar-refractivity contribution in [3.63, 3.8) is 0 Å². The van der Waals surface area contributed by atoms with Crippen LogP contribution in [-0.4, -0.2) is 39.8 Å². The first-order chi connectivity index (χ1) is 11.3. The summed E-state index contributed by atoms with van der Waals surface area (Å²) in [6, 6.07) is 1.03. The predicted molar refractivity (Wildman–Crippen MR) is 80.5 cm³/mol. The van der Waals surface area contributed by atoms with Crippen molar-refractivity contribution in [2.24, 2.45) is 0 Å². The lowest BCUT2D eigenvalue weighted by molar-refractivity contribution is -0.143. The predicted octanol–water partition coefficient (Wildman–Crippen LogP) is 2.29. The zero-order chi connectivity index (χ0) is 17.5. The number of hydrogen-bond acceptors (Lipinski definition) is 4. The topological polar surface area (TPSA) is 71.8 Å². The Morgan fingerprint density at radius 1 is 1.33 bits per heavy atom. The molecule has 3 heterocycles. The fourth-order valence-corrected chi connectivity index (χ4v) is 2.63. The highest BCUT2D eigenvalue weighted by Gasteiger charge is 2.41. The highest BCUT2D eigenvalue weighted by molar-refractivity contribution is 6.35. The number of pyridine rings is 1. The molecular weight excluding hydrogens is 370 g/mol. The maximum Gasteiger partial charge on any atom is 0.434 e. The Labute approximate surface area is 143 Å². The summed E-state index contributed by atoms with van der Waals surface area (Å²) < 4.78 is 40.9. The van der Waals surface area contributed by atoms with Gasteiger partial charge in [-0.25, -0.2) is 9.67 Å². The van der Waals surface area contributed by atoms with E-state index in [2.05, 4.69) is 20.7 Å². The minimum absolute atomic E-state index is 0.119. The monoisotopic (exact) mass is 379 g/mol. The normalized spacial score (nSPS) is 15.2. The zero-order valence-electron chi connectivity index (χ0n) is 11.9. The van der Waals surface area contributed by atoms with Crippen LogP contribution in [0.5, 0.6) is 0 Å². The maximum atomic E-state index is 13.5. The van der Waals surface area contributed by atoms with Crippen molar-refractivity contribution in [3.05, 3.63) is 39.8 Å². The van der Waals surface area contributed by atoms with Crippen molar-refractivity contribution in [1.29, 1.82) is 0 Å². The molecular formula is C13H10Cl2F3N5O. The van der Waals surface area contributed by atoms with Crippen LogP contribution in [0.4, 0.5) is 13.2 Å². The fourth-order valence-electron chi connectivity index (χ4n) is 2.17. The van der Waals surface area contributed by atoms with Gasteiger partial charge in [0, 0.05) is 19.3 Å². The average Bonchev–Trinajstić information content (AvgIpc) is 2.87. The van der Waals surface area contributed by atoms with E-state index in [4.69, 9.17) is 23.2 Å². The third-order valence-corrected chi connectivity index (χ3v) is 3.87. The summed E-state index contributed by atoms with van der Waals surface area (Å²) in [6.07, 6.45) is -2.84. The van der Waals surface area contributed by atoms with Crippen LogP contribution in [0.2, 0.25) is 10.0 Å². The summed E-state index contributed by atoms with van der Waals surface area (Å²) in [5.74, 6) is -1.12. The quantitative estimate of drug-likeness (QED) is 0.858. The molecule has 128 valence electrons. The molecule has 0 aliphatic carbocycles. The lowest BCUT2D eigenvalue weighted by Crippen LogP contribution is -2.57. The molecule has 0 spiro atoms. The smallest absolute Gasteiger partial charge is 0.347 e. The van der Waals surface area contributed by atoms with Crippen LogP contribution >= 0.6 is 23.2 Å². The Morgan fingerprint density at radius 2 is 2.04 bits per heavy atom. The number of carbonyl (C=O) groups is 1. The van der Waals surface area contributed by atoms with E-state index < -0.39 is 23.3 Å². The Bertz CT molecular complexity index is 788. The summed E-state index contributed by atoms with van der Waals surface area (Å²) in [4.78, 5) is 15.9. The third-order valence-electron chi connectivity index (χ3n) is 3.39. The van der Waals surface area contributed by atoms with Crippen LogP contribution in [0.25, 0.3) is 5.82 Å². The first-order valence-corrected chi connectivity index (χ1v) is 7.51. The molecule has 0 unspecified atom stereocenters. The molecule has 0 atom stereocenters. The second-order valence-electron chi connectivity index (χ2n) is 5.10. The first-order valence-electron chi connectivity index (χ1n) is 6.75. The lowest BCUT2D eigenvalue weighted by atomic mass is 10.1. The van der Waals surface area contributed by atoms with Gasteiger partial charge in [0.2, 0.25) is 0 Å². The van der Waals surface area contributed by atoms with E-state index in [1.807, 2.05) is 0 Å². The number of amides is 1. The molecule has 0 saturated carbocycles. The number of rotatable bonds is 3. The number of aromatic nitrogens is 3. The minimum Gasteiger partial charge on any atom is -0.347 e. The first kappa shape index (κ1) is 17.0. The molecule has 1 amide bonds. The van der Waals surface area contributed by atoms with Crippen LogP contribution in [0, 0.1) is 0 Å². The number of nitrogens with zero attached hydrogens (tertiary/aromatic N) is 3. The van der Waals surface area contributed by atoms with Crippen molar-refractivity contribution in [3.8, 4) is 5.82 Å². The SMILES string of the molecule is O=C(NC1CNC1)c1cnn(-c2ncc(Cl)cc2Cl)c1C(F)(F)F. The molecule has 24 heavy (non-hydrogen) atoms. The zero-order valence-corrected chi connectivity index (χ0v) is 13.4. The van der Waals surface area contributed by atoms with Crippen LogP contribution in [0.15, 0.2) is 18.5 Å². The van der Waals surface area contributed by atoms with E-state index in [0.717, 1.165) is 12.4 Å². The maximum absolute atomic E-state index is 13.5. The van der Waals surface area contributed by atoms with E-state index in [9.17, 15) is 18.0 Å². The van der Waals surface area contributed by atoms with Crippen LogP contribution in [0.3, 0.4) is 0 Å². The number of halogens is 5. The van der Waals surface area contributed by atoms with Crippen LogP contribution < -0.4 is 10.6 Å². The van der Waals surface area contributed by atoms with Gasteiger partial charge in [-0.1, -0.05) is 23.2 Å². The van der Waals surface area contributed by atoms with Crippen LogP contribution in [0.1, 0.15) is 16.1 Å². The van der Waals surface area contributed by atoms with Gasteiger partial charge in [0.25, 0.3) is 5.91 Å². The van der Waals surface area contributed by atoms with Gasteiger partial charge >= 0.3 is 6.18 Å². The van der Waals surface area contributed by atoms with Gasteiger partial charge in [0.1, 0.15) is 0 Å². The Balaban J connectivity index is 2.05. The second kappa shape index (κ2) is 6.23. The Hall–Kier alpha value is -1.84. The van der Waals surface area contributed by atoms with Gasteiger partial charge in [0.15, 0.2) is 11.5 Å². The summed E-state index contributed by atoms with van der Waals surface area (Å²) in [5.41, 5.74) is -1.84. The van der Waals surface area contributed by atoms with Gasteiger partial charge in [-0.2, -0.15) is 18.3 Å². The number of nitrogens with one attached hydrogen (secondary N) is 2. The van der Waals surface area contributed by atoms with Crippen molar-refractivity contribution in [2.45, 2.75) is 12.2 Å². The second-order valence-corrected chi connectivity index (χ2v) is 5.95. The van der Waals surface area contributed by atoms with E-state index >= 15 is 0 Å². The molecule has 0 aromatic carbocycles. The molecule has 11 heteroatoms. The molecule has 0 bridgehead atoms. The standard InChI is InChI=1S/C13H10Cl2F3N5O/c14-6-1-9(15)11(20-2-6)23-10(13(16,17)18)8(5-21-23)12(24)22-7-3-19-4-7/h1-2,5,7,19H,3-4H2,(H,22,24). The molecule has 2 N–H and O–H groups in total. The van der Waals surface area contributed by atoms with Crippen molar-refractivity contribution in [1.82, 2.24) is 25.4 Å². The molecule has 1 fully saturated rings. The molecule has 2 aromatic rings. The van der Waals surface area contributed by atoms with Gasteiger partial charge < -0.3 is 10.6 Å². The Kier molecular flexibility index (Phi) is 4.41. The molecule has 3 rings (SSSR count). The fraction of sp³-hybridized carbons (Fsp3) is 0.308. The van der Waals surface area contributed by atoms with E-state index in [1.165, 1.54) is 6.07 Å². The van der Waals surface area contributed by atoms with Crippen molar-refractivity contribution >= 4 is 29.1 Å². The molecule has 2 aromatic heterocycles. The number of carbonyl (C=O) groups excluding carboxylic acids is 1. The Morgan fingerprint density at radius 3 is 2.58 bits per heavy atom. The largest absolute Gasteiger partial charge is 0.434 e. The highest BCUT2D eigenvalue weighted by atomic mass is 35.5. The number of hydrogen-bond donors (Lipinski definition) is 2.